The highest BCUT2D eigenvalue weighted by Crippen LogP contribution is 2.21. The van der Waals surface area contributed by atoms with Crippen LogP contribution in [0, 0.1) is 0 Å². The molecule has 0 bridgehead atoms. The number of benzene rings is 1. The van der Waals surface area contributed by atoms with E-state index in [0.717, 1.165) is 13.1 Å². The van der Waals surface area contributed by atoms with Crippen molar-refractivity contribution in [3.8, 4) is 5.75 Å². The van der Waals surface area contributed by atoms with Crippen molar-refractivity contribution in [2.75, 3.05) is 45.9 Å². The summed E-state index contributed by atoms with van der Waals surface area (Å²) in [6.45, 7) is 5.38. The van der Waals surface area contributed by atoms with Crippen molar-refractivity contribution in [3.63, 3.8) is 0 Å². The normalized spacial score (nSPS) is 18.0. The van der Waals surface area contributed by atoms with Crippen LogP contribution in [-0.2, 0) is 11.3 Å². The molecule has 0 amide bonds. The fourth-order valence-electron chi connectivity index (χ4n) is 2.92. The number of para-hydroxylation sites is 1. The number of nitrogens with one attached hydrogen (secondary N) is 2. The van der Waals surface area contributed by atoms with Crippen molar-refractivity contribution < 1.29 is 23.4 Å². The van der Waals surface area contributed by atoms with Gasteiger partial charge in [-0.3, -0.25) is 4.90 Å². The van der Waals surface area contributed by atoms with Crippen molar-refractivity contribution in [2.24, 2.45) is 4.99 Å². The van der Waals surface area contributed by atoms with Crippen molar-refractivity contribution in [3.05, 3.63) is 29.8 Å². The molecule has 1 fully saturated rings. The maximum absolute atomic E-state index is 12.5. The second-order valence-electron chi connectivity index (χ2n) is 6.92. The standard InChI is InChI=1S/C19H30F2N4O3/c1-3-22-18(23-12-15-6-4-5-7-16(15)28-17(20)21)24-13-19(2,26)14-25-8-10-27-11-9-25/h4-7,17,26H,3,8-14H2,1-2H3,(H2,22,23,24). The molecule has 0 spiro atoms. The van der Waals surface area contributed by atoms with Crippen LogP contribution in [0.2, 0.25) is 0 Å². The Balaban J connectivity index is 1.94. The molecule has 28 heavy (non-hydrogen) atoms. The molecule has 1 atom stereocenters. The van der Waals surface area contributed by atoms with E-state index in [4.69, 9.17) is 4.74 Å². The number of rotatable bonds is 9. The third-order valence-corrected chi connectivity index (χ3v) is 4.25. The SMILES string of the molecule is CCNC(=NCc1ccccc1OC(F)F)NCC(C)(O)CN1CCOCC1. The molecule has 1 aromatic rings. The summed E-state index contributed by atoms with van der Waals surface area (Å²) in [5.74, 6) is 0.605. The minimum atomic E-state index is -2.88. The van der Waals surface area contributed by atoms with Crippen LogP contribution in [0.1, 0.15) is 19.4 Å². The summed E-state index contributed by atoms with van der Waals surface area (Å²) in [5.41, 5.74) is -0.399. The summed E-state index contributed by atoms with van der Waals surface area (Å²) in [5, 5.41) is 16.9. The van der Waals surface area contributed by atoms with Crippen LogP contribution in [0.15, 0.2) is 29.3 Å². The lowest BCUT2D eigenvalue weighted by Gasteiger charge is -2.34. The average Bonchev–Trinajstić information content (AvgIpc) is 2.65. The van der Waals surface area contributed by atoms with Gasteiger partial charge in [-0.2, -0.15) is 8.78 Å². The van der Waals surface area contributed by atoms with Crippen LogP contribution in [0.4, 0.5) is 8.78 Å². The second kappa shape index (κ2) is 11.1. The number of β-amino-alcohol motifs (C(OH)–C–C–N with tert-alkyl or cyclic N) is 1. The van der Waals surface area contributed by atoms with Gasteiger partial charge in [0.25, 0.3) is 0 Å². The zero-order valence-electron chi connectivity index (χ0n) is 16.5. The van der Waals surface area contributed by atoms with Gasteiger partial charge in [0.1, 0.15) is 5.75 Å². The summed E-state index contributed by atoms with van der Waals surface area (Å²) >= 11 is 0. The fraction of sp³-hybridized carbons (Fsp3) is 0.632. The molecular weight excluding hydrogens is 370 g/mol. The number of hydrogen-bond acceptors (Lipinski definition) is 5. The van der Waals surface area contributed by atoms with E-state index in [2.05, 4.69) is 25.3 Å². The van der Waals surface area contributed by atoms with E-state index in [1.54, 1.807) is 25.1 Å². The summed E-state index contributed by atoms with van der Waals surface area (Å²) in [6, 6.07) is 6.57. The lowest BCUT2D eigenvalue weighted by molar-refractivity contribution is -0.0504. The maximum Gasteiger partial charge on any atom is 0.387 e. The molecule has 1 aliphatic heterocycles. The molecule has 7 nitrogen and oxygen atoms in total. The maximum atomic E-state index is 12.5. The molecule has 3 N–H and O–H groups in total. The number of hydrogen-bond donors (Lipinski definition) is 3. The Morgan fingerprint density at radius 3 is 2.71 bits per heavy atom. The Morgan fingerprint density at radius 1 is 1.32 bits per heavy atom. The Labute approximate surface area is 164 Å². The second-order valence-corrected chi connectivity index (χ2v) is 6.92. The summed E-state index contributed by atoms with van der Waals surface area (Å²) in [4.78, 5) is 6.59. The molecule has 1 aliphatic rings. The third kappa shape index (κ3) is 7.95. The Bertz CT molecular complexity index is 623. The van der Waals surface area contributed by atoms with Gasteiger partial charge in [0.05, 0.1) is 25.4 Å². The van der Waals surface area contributed by atoms with Gasteiger partial charge >= 0.3 is 6.61 Å². The summed E-state index contributed by atoms with van der Waals surface area (Å²) in [7, 11) is 0. The first-order chi connectivity index (χ1) is 13.4. The molecule has 1 unspecified atom stereocenters. The van der Waals surface area contributed by atoms with Gasteiger partial charge in [-0.05, 0) is 19.9 Å². The molecule has 1 saturated heterocycles. The first-order valence-electron chi connectivity index (χ1n) is 9.47. The van der Waals surface area contributed by atoms with Gasteiger partial charge in [-0.1, -0.05) is 18.2 Å². The number of nitrogens with zero attached hydrogens (tertiary/aromatic N) is 2. The number of alkyl halides is 2. The van der Waals surface area contributed by atoms with Crippen LogP contribution in [0.3, 0.4) is 0 Å². The largest absolute Gasteiger partial charge is 0.434 e. The van der Waals surface area contributed by atoms with Crippen LogP contribution in [-0.4, -0.2) is 74.1 Å². The Morgan fingerprint density at radius 2 is 2.04 bits per heavy atom. The quantitative estimate of drug-likeness (QED) is 0.430. The highest BCUT2D eigenvalue weighted by atomic mass is 19.3. The van der Waals surface area contributed by atoms with Gasteiger partial charge in [-0.15, -0.1) is 0 Å². The van der Waals surface area contributed by atoms with Crippen molar-refractivity contribution >= 4 is 5.96 Å². The van der Waals surface area contributed by atoms with E-state index < -0.39 is 12.2 Å². The number of aliphatic hydroxyl groups is 1. The van der Waals surface area contributed by atoms with Gasteiger partial charge < -0.3 is 25.2 Å². The van der Waals surface area contributed by atoms with Crippen LogP contribution < -0.4 is 15.4 Å². The van der Waals surface area contributed by atoms with E-state index in [1.165, 1.54) is 6.07 Å². The Kier molecular flexibility index (Phi) is 8.88. The minimum absolute atomic E-state index is 0.108. The highest BCUT2D eigenvalue weighted by Gasteiger charge is 2.25. The number of ether oxygens (including phenoxy) is 2. The summed E-state index contributed by atoms with van der Waals surface area (Å²) < 4.78 is 34.9. The molecule has 0 saturated carbocycles. The van der Waals surface area contributed by atoms with E-state index in [-0.39, 0.29) is 12.3 Å². The van der Waals surface area contributed by atoms with Gasteiger partial charge in [0, 0.05) is 38.3 Å². The molecule has 1 aromatic carbocycles. The highest BCUT2D eigenvalue weighted by molar-refractivity contribution is 5.79. The smallest absolute Gasteiger partial charge is 0.387 e. The van der Waals surface area contributed by atoms with Crippen molar-refractivity contribution in [2.45, 2.75) is 32.6 Å². The zero-order chi connectivity index (χ0) is 20.4. The predicted octanol–water partition coefficient (Wildman–Crippen LogP) is 1.43. The van der Waals surface area contributed by atoms with E-state index in [0.29, 0.717) is 44.4 Å². The topological polar surface area (TPSA) is 78.4 Å². The molecule has 2 rings (SSSR count). The van der Waals surface area contributed by atoms with Gasteiger partial charge in [0.15, 0.2) is 5.96 Å². The number of guanidine groups is 1. The average molecular weight is 400 g/mol. The van der Waals surface area contributed by atoms with Crippen LogP contribution in [0.25, 0.3) is 0 Å². The van der Waals surface area contributed by atoms with Crippen molar-refractivity contribution in [1.29, 1.82) is 0 Å². The van der Waals surface area contributed by atoms with Crippen LogP contribution in [0.5, 0.6) is 5.75 Å². The molecule has 158 valence electrons. The van der Waals surface area contributed by atoms with Gasteiger partial charge in [-0.25, -0.2) is 4.99 Å². The molecule has 9 heteroatoms. The van der Waals surface area contributed by atoms with Crippen molar-refractivity contribution in [1.82, 2.24) is 15.5 Å². The zero-order valence-corrected chi connectivity index (χ0v) is 16.5. The lowest BCUT2D eigenvalue weighted by atomic mass is 10.1. The van der Waals surface area contributed by atoms with E-state index >= 15 is 0 Å². The number of aliphatic imine (C=N–C) groups is 1. The van der Waals surface area contributed by atoms with E-state index in [1.807, 2.05) is 6.92 Å². The summed E-state index contributed by atoms with van der Waals surface area (Å²) in [6.07, 6.45) is 0. The van der Waals surface area contributed by atoms with Crippen LogP contribution >= 0.6 is 0 Å². The van der Waals surface area contributed by atoms with Gasteiger partial charge in [0.2, 0.25) is 0 Å². The number of morpholine rings is 1. The third-order valence-electron chi connectivity index (χ3n) is 4.25. The predicted molar refractivity (Wildman–Crippen MR) is 104 cm³/mol. The molecule has 0 radical (unpaired) electrons. The first-order valence-corrected chi connectivity index (χ1v) is 9.47. The minimum Gasteiger partial charge on any atom is -0.434 e. The monoisotopic (exact) mass is 400 g/mol. The molecular formula is C19H30F2N4O3. The number of halogens is 2. The molecule has 0 aliphatic carbocycles. The first kappa shape index (κ1) is 22.3. The molecule has 0 aromatic heterocycles. The Hall–Kier alpha value is -1.97. The fourth-order valence-corrected chi connectivity index (χ4v) is 2.92. The van der Waals surface area contributed by atoms with E-state index in [9.17, 15) is 13.9 Å². The molecule has 1 heterocycles. The lowest BCUT2D eigenvalue weighted by Crippen LogP contribution is -2.52.